The van der Waals surface area contributed by atoms with E-state index in [1.807, 2.05) is 58.0 Å². The zero-order valence-electron chi connectivity index (χ0n) is 22.6. The molecule has 3 amide bonds. The summed E-state index contributed by atoms with van der Waals surface area (Å²) in [5.74, 6) is -2.75. The SMILES string of the molecule is CC(C)C[C@H](NC(=O)[C@H](Cc1ccccc1)NC(=O)[C@H](CC(C)C)NC(=O)c1cnccn1)C(=O)O.O[B]O. The van der Waals surface area contributed by atoms with Gasteiger partial charge in [-0.3, -0.25) is 19.4 Å². The largest absolute Gasteiger partial charge is 0.482 e. The number of carboxylic acids is 1. The molecule has 0 aliphatic carbocycles. The van der Waals surface area contributed by atoms with Crippen molar-refractivity contribution in [2.75, 3.05) is 0 Å². The molecule has 39 heavy (non-hydrogen) atoms. The monoisotopic (exact) mass is 542 g/mol. The lowest BCUT2D eigenvalue weighted by Crippen LogP contribution is -2.56. The number of aliphatic carboxylic acids is 1. The molecular weight excluding hydrogens is 505 g/mol. The normalized spacial score (nSPS) is 12.8. The second-order valence-corrected chi connectivity index (χ2v) is 9.64. The molecule has 0 aliphatic rings. The van der Waals surface area contributed by atoms with Gasteiger partial charge in [0.15, 0.2) is 0 Å². The van der Waals surface area contributed by atoms with Crippen molar-refractivity contribution in [1.29, 1.82) is 0 Å². The first kappa shape index (κ1) is 33.2. The van der Waals surface area contributed by atoms with E-state index in [4.69, 9.17) is 10.0 Å². The van der Waals surface area contributed by atoms with Crippen molar-refractivity contribution in [3.05, 3.63) is 60.2 Å². The number of benzene rings is 1. The number of rotatable bonds is 13. The van der Waals surface area contributed by atoms with Gasteiger partial charge in [-0.2, -0.15) is 0 Å². The number of nitrogens with zero attached hydrogens (tertiary/aromatic N) is 2. The Kier molecular flexibility index (Phi) is 15.0. The molecule has 0 unspecified atom stereocenters. The summed E-state index contributed by atoms with van der Waals surface area (Å²) in [7, 11) is 0. The molecule has 6 N–H and O–H groups in total. The van der Waals surface area contributed by atoms with Crippen LogP contribution in [0.1, 0.15) is 56.6 Å². The Morgan fingerprint density at radius 3 is 1.87 bits per heavy atom. The van der Waals surface area contributed by atoms with Crippen LogP contribution in [0.2, 0.25) is 0 Å². The standard InChI is InChI=1S/C26H35N5O5.BH2O2/c1-16(2)12-19(29-25(34)22-15-27-10-11-28-22)23(32)30-20(14-18-8-6-5-7-9-18)24(33)31-21(26(35)36)13-17(3)4;2-1-3/h5-11,15-17,19-21H,12-14H2,1-4H3,(H,29,34)(H,30,32)(H,31,33)(H,35,36);2-3H/t19-,20-,21-;/m0./s1. The van der Waals surface area contributed by atoms with Crippen LogP contribution < -0.4 is 16.0 Å². The summed E-state index contributed by atoms with van der Waals surface area (Å²) in [6.45, 7) is 7.54. The molecule has 0 spiro atoms. The average Bonchev–Trinajstić information content (AvgIpc) is 2.88. The summed E-state index contributed by atoms with van der Waals surface area (Å²) < 4.78 is 0. The number of aromatic nitrogens is 2. The van der Waals surface area contributed by atoms with Crippen LogP contribution in [-0.2, 0) is 20.8 Å². The summed E-state index contributed by atoms with van der Waals surface area (Å²) >= 11 is 0. The molecule has 0 saturated carbocycles. The summed E-state index contributed by atoms with van der Waals surface area (Å²) in [5, 5.41) is 31.5. The van der Waals surface area contributed by atoms with Gasteiger partial charge >= 0.3 is 13.7 Å². The van der Waals surface area contributed by atoms with E-state index in [2.05, 4.69) is 25.9 Å². The van der Waals surface area contributed by atoms with Crippen LogP contribution in [-0.4, -0.2) is 74.6 Å². The van der Waals surface area contributed by atoms with E-state index in [0.29, 0.717) is 6.42 Å². The Bertz CT molecular complexity index is 1040. The lowest BCUT2D eigenvalue weighted by molar-refractivity contribution is -0.142. The van der Waals surface area contributed by atoms with E-state index in [-0.39, 0.29) is 38.1 Å². The first-order valence-corrected chi connectivity index (χ1v) is 12.5. The van der Waals surface area contributed by atoms with E-state index in [0.717, 1.165) is 5.56 Å². The number of hydrogen-bond acceptors (Lipinski definition) is 8. The summed E-state index contributed by atoms with van der Waals surface area (Å²) in [4.78, 5) is 58.6. The van der Waals surface area contributed by atoms with Gasteiger partial charge in [0.05, 0.1) is 6.20 Å². The van der Waals surface area contributed by atoms with Crippen LogP contribution >= 0.6 is 0 Å². The van der Waals surface area contributed by atoms with Crippen molar-refractivity contribution < 1.29 is 34.3 Å². The molecule has 0 bridgehead atoms. The highest BCUT2D eigenvalue weighted by molar-refractivity contribution is 6.13. The molecule has 1 aromatic carbocycles. The van der Waals surface area contributed by atoms with Gasteiger partial charge in [0.2, 0.25) is 11.8 Å². The number of carboxylic acid groups (broad SMARTS) is 1. The van der Waals surface area contributed by atoms with Crippen molar-refractivity contribution in [2.45, 2.75) is 65.1 Å². The zero-order chi connectivity index (χ0) is 29.4. The maximum absolute atomic E-state index is 13.3. The minimum Gasteiger partial charge on any atom is -0.480 e. The molecule has 0 saturated heterocycles. The maximum Gasteiger partial charge on any atom is 0.482 e. The minimum absolute atomic E-state index is 0. The second-order valence-electron chi connectivity index (χ2n) is 9.64. The smallest absolute Gasteiger partial charge is 0.480 e. The highest BCUT2D eigenvalue weighted by Crippen LogP contribution is 2.10. The van der Waals surface area contributed by atoms with Crippen LogP contribution in [0, 0.1) is 11.8 Å². The highest BCUT2D eigenvalue weighted by Gasteiger charge is 2.30. The van der Waals surface area contributed by atoms with Gasteiger partial charge in [-0.25, -0.2) is 9.78 Å². The predicted octanol–water partition coefficient (Wildman–Crippen LogP) is 0.469. The third-order valence-corrected chi connectivity index (χ3v) is 5.36. The molecule has 0 aliphatic heterocycles. The lowest BCUT2D eigenvalue weighted by Gasteiger charge is -2.25. The van der Waals surface area contributed by atoms with Gasteiger partial charge in [0.25, 0.3) is 5.91 Å². The molecule has 1 radical (unpaired) electrons. The Labute approximate surface area is 229 Å². The first-order chi connectivity index (χ1) is 18.5. The third-order valence-electron chi connectivity index (χ3n) is 5.36. The number of carbonyl (C=O) groups is 4. The van der Waals surface area contributed by atoms with Gasteiger partial charge < -0.3 is 31.1 Å². The highest BCUT2D eigenvalue weighted by atomic mass is 16.4. The third kappa shape index (κ3) is 13.0. The van der Waals surface area contributed by atoms with Gasteiger partial charge in [0.1, 0.15) is 23.8 Å². The molecule has 2 rings (SSSR count). The van der Waals surface area contributed by atoms with Crippen molar-refractivity contribution in [2.24, 2.45) is 11.8 Å². The van der Waals surface area contributed by atoms with Gasteiger partial charge in [-0.1, -0.05) is 58.0 Å². The lowest BCUT2D eigenvalue weighted by atomic mass is 10.00. The topological polar surface area (TPSA) is 191 Å². The fourth-order valence-corrected chi connectivity index (χ4v) is 3.65. The van der Waals surface area contributed by atoms with Crippen molar-refractivity contribution >= 4 is 31.4 Å². The summed E-state index contributed by atoms with van der Waals surface area (Å²) in [6, 6.07) is 6.03. The van der Waals surface area contributed by atoms with E-state index in [9.17, 15) is 24.3 Å². The Hall–Kier alpha value is -3.84. The minimum atomic E-state index is -1.14. The molecule has 1 aromatic heterocycles. The molecular formula is C26H37BN5O7. The van der Waals surface area contributed by atoms with Crippen molar-refractivity contribution in [3.63, 3.8) is 0 Å². The molecule has 1 heterocycles. The quantitative estimate of drug-likeness (QED) is 0.195. The average molecular weight is 542 g/mol. The number of amides is 3. The number of hydrogen-bond donors (Lipinski definition) is 6. The van der Waals surface area contributed by atoms with Crippen LogP contribution in [0.4, 0.5) is 0 Å². The van der Waals surface area contributed by atoms with E-state index >= 15 is 0 Å². The molecule has 3 atom stereocenters. The maximum atomic E-state index is 13.3. The summed E-state index contributed by atoms with van der Waals surface area (Å²) in [5.41, 5.74) is 0.855. The van der Waals surface area contributed by atoms with Crippen molar-refractivity contribution in [1.82, 2.24) is 25.9 Å². The number of carbonyl (C=O) groups excluding carboxylic acids is 3. The van der Waals surface area contributed by atoms with E-state index in [1.165, 1.54) is 18.6 Å². The van der Waals surface area contributed by atoms with Crippen molar-refractivity contribution in [3.8, 4) is 0 Å². The Balaban J connectivity index is 0.00000242. The number of nitrogens with one attached hydrogen (secondary N) is 3. The Morgan fingerprint density at radius 1 is 0.821 bits per heavy atom. The first-order valence-electron chi connectivity index (χ1n) is 12.5. The van der Waals surface area contributed by atoms with Crippen LogP contribution in [0.15, 0.2) is 48.9 Å². The van der Waals surface area contributed by atoms with Gasteiger partial charge in [-0.15, -0.1) is 0 Å². The summed E-state index contributed by atoms with van der Waals surface area (Å²) in [6.07, 6.45) is 4.83. The van der Waals surface area contributed by atoms with Crippen LogP contribution in [0.5, 0.6) is 0 Å². The fourth-order valence-electron chi connectivity index (χ4n) is 3.65. The van der Waals surface area contributed by atoms with Crippen LogP contribution in [0.3, 0.4) is 0 Å². The molecule has 0 fully saturated rings. The zero-order valence-corrected chi connectivity index (χ0v) is 22.6. The molecule has 13 heteroatoms. The molecule has 2 aromatic rings. The van der Waals surface area contributed by atoms with Gasteiger partial charge in [0, 0.05) is 18.8 Å². The molecule has 211 valence electrons. The van der Waals surface area contributed by atoms with E-state index in [1.54, 1.807) is 0 Å². The van der Waals surface area contributed by atoms with Gasteiger partial charge in [-0.05, 0) is 30.2 Å². The van der Waals surface area contributed by atoms with Crippen LogP contribution in [0.25, 0.3) is 0 Å². The fraction of sp³-hybridized carbons (Fsp3) is 0.462. The second kappa shape index (κ2) is 17.6. The predicted molar refractivity (Wildman–Crippen MR) is 144 cm³/mol. The Morgan fingerprint density at radius 2 is 1.36 bits per heavy atom. The van der Waals surface area contributed by atoms with E-state index < -0.39 is 41.8 Å². The molecule has 12 nitrogen and oxygen atoms in total.